The average molecular weight is 265 g/mol. The van der Waals surface area contributed by atoms with E-state index < -0.39 is 0 Å². The fourth-order valence-electron chi connectivity index (χ4n) is 2.36. The van der Waals surface area contributed by atoms with Crippen LogP contribution in [0.3, 0.4) is 0 Å². The average Bonchev–Trinajstić information content (AvgIpc) is 2.40. The number of aromatic nitrogens is 1. The van der Waals surface area contributed by atoms with Gasteiger partial charge in [-0.3, -0.25) is 9.88 Å². The second-order valence-corrected chi connectivity index (χ2v) is 5.22. The van der Waals surface area contributed by atoms with Crippen LogP contribution >= 0.6 is 12.2 Å². The molecule has 0 saturated carbocycles. The summed E-state index contributed by atoms with van der Waals surface area (Å²) in [5.41, 5.74) is 7.50. The number of pyridine rings is 1. The fourth-order valence-corrected chi connectivity index (χ4v) is 2.54. The van der Waals surface area contributed by atoms with Crippen molar-refractivity contribution in [3.63, 3.8) is 0 Å². The topological polar surface area (TPSA) is 62.4 Å². The van der Waals surface area contributed by atoms with E-state index in [0.29, 0.717) is 17.5 Å². The van der Waals surface area contributed by atoms with Gasteiger partial charge in [0.05, 0.1) is 0 Å². The number of aliphatic hydroxyl groups excluding tert-OH is 1. The molecule has 5 heteroatoms. The Morgan fingerprint density at radius 2 is 2.22 bits per heavy atom. The van der Waals surface area contributed by atoms with Gasteiger partial charge in [-0.1, -0.05) is 18.3 Å². The van der Waals surface area contributed by atoms with Crippen molar-refractivity contribution in [1.29, 1.82) is 0 Å². The number of piperidine rings is 1. The third-order valence-electron chi connectivity index (χ3n) is 3.48. The number of likely N-dealkylation sites (tertiary alicyclic amines) is 1. The summed E-state index contributed by atoms with van der Waals surface area (Å²) in [7, 11) is 0. The summed E-state index contributed by atoms with van der Waals surface area (Å²) in [6.07, 6.45) is 3.83. The minimum absolute atomic E-state index is 0.304. The molecule has 0 radical (unpaired) electrons. The zero-order valence-corrected chi connectivity index (χ0v) is 11.2. The van der Waals surface area contributed by atoms with Crippen LogP contribution in [-0.4, -0.2) is 39.7 Å². The van der Waals surface area contributed by atoms with Gasteiger partial charge < -0.3 is 10.8 Å². The Kier molecular flexibility index (Phi) is 4.63. The Morgan fingerprint density at radius 1 is 1.50 bits per heavy atom. The van der Waals surface area contributed by atoms with Gasteiger partial charge in [0, 0.05) is 19.3 Å². The van der Waals surface area contributed by atoms with Gasteiger partial charge >= 0.3 is 0 Å². The standard InChI is InChI=1S/C13H19N3OS/c14-13(18)12-11(2-1-5-15-12)8-16-6-3-10(9-17)4-7-16/h1-2,5,10,17H,3-4,6-9H2,(H2,14,18). The minimum Gasteiger partial charge on any atom is -0.396 e. The Bertz CT molecular complexity index is 416. The molecule has 1 aromatic rings. The lowest BCUT2D eigenvalue weighted by molar-refractivity contribution is 0.127. The molecular formula is C13H19N3OS. The van der Waals surface area contributed by atoms with Crippen molar-refractivity contribution in [1.82, 2.24) is 9.88 Å². The normalized spacial score (nSPS) is 17.8. The zero-order chi connectivity index (χ0) is 13.0. The predicted molar refractivity (Wildman–Crippen MR) is 75.2 cm³/mol. The zero-order valence-electron chi connectivity index (χ0n) is 10.4. The van der Waals surface area contributed by atoms with Gasteiger partial charge in [-0.15, -0.1) is 0 Å². The predicted octanol–water partition coefficient (Wildman–Crippen LogP) is 0.920. The molecule has 1 saturated heterocycles. The molecule has 1 aromatic heterocycles. The smallest absolute Gasteiger partial charge is 0.123 e. The molecule has 0 bridgehead atoms. The van der Waals surface area contributed by atoms with Crippen LogP contribution in [-0.2, 0) is 6.54 Å². The fraction of sp³-hybridized carbons (Fsp3) is 0.538. The quantitative estimate of drug-likeness (QED) is 0.793. The molecule has 1 aliphatic heterocycles. The van der Waals surface area contributed by atoms with Gasteiger partial charge in [0.1, 0.15) is 10.7 Å². The molecule has 0 aromatic carbocycles. The first-order valence-electron chi connectivity index (χ1n) is 6.27. The summed E-state index contributed by atoms with van der Waals surface area (Å²) in [5.74, 6) is 0.463. The third kappa shape index (κ3) is 3.25. The second kappa shape index (κ2) is 6.22. The van der Waals surface area contributed by atoms with Crippen LogP contribution in [0, 0.1) is 5.92 Å². The van der Waals surface area contributed by atoms with Crippen LogP contribution in [0.1, 0.15) is 24.1 Å². The molecule has 18 heavy (non-hydrogen) atoms. The molecule has 3 N–H and O–H groups in total. The second-order valence-electron chi connectivity index (χ2n) is 4.78. The van der Waals surface area contributed by atoms with Crippen molar-refractivity contribution in [2.45, 2.75) is 19.4 Å². The van der Waals surface area contributed by atoms with E-state index in [4.69, 9.17) is 23.1 Å². The Hall–Kier alpha value is -1.04. The first-order valence-corrected chi connectivity index (χ1v) is 6.68. The number of thiocarbonyl (C=S) groups is 1. The maximum atomic E-state index is 9.12. The molecule has 0 atom stereocenters. The summed E-state index contributed by atoms with van der Waals surface area (Å²) >= 11 is 5.02. The van der Waals surface area contributed by atoms with Gasteiger partial charge in [-0.05, 0) is 43.5 Å². The molecule has 1 aliphatic rings. The van der Waals surface area contributed by atoms with E-state index in [1.165, 1.54) is 0 Å². The first kappa shape index (κ1) is 13.4. The van der Waals surface area contributed by atoms with Crippen LogP contribution < -0.4 is 5.73 Å². The summed E-state index contributed by atoms with van der Waals surface area (Å²) in [6, 6.07) is 3.94. The van der Waals surface area contributed by atoms with E-state index in [2.05, 4.69) is 9.88 Å². The summed E-state index contributed by atoms with van der Waals surface area (Å²) in [5, 5.41) is 9.12. The van der Waals surface area contributed by atoms with Gasteiger partial charge in [0.25, 0.3) is 0 Å². The lowest BCUT2D eigenvalue weighted by Gasteiger charge is -2.31. The van der Waals surface area contributed by atoms with Crippen LogP contribution in [0.15, 0.2) is 18.3 Å². The maximum Gasteiger partial charge on any atom is 0.123 e. The molecule has 0 amide bonds. The molecule has 2 heterocycles. The molecule has 4 nitrogen and oxygen atoms in total. The largest absolute Gasteiger partial charge is 0.396 e. The lowest BCUT2D eigenvalue weighted by atomic mass is 9.97. The molecule has 0 aliphatic carbocycles. The lowest BCUT2D eigenvalue weighted by Crippen LogP contribution is -2.35. The first-order chi connectivity index (χ1) is 8.70. The summed E-state index contributed by atoms with van der Waals surface area (Å²) < 4.78 is 0. The van der Waals surface area contributed by atoms with E-state index in [1.807, 2.05) is 12.1 Å². The highest BCUT2D eigenvalue weighted by Gasteiger charge is 2.19. The number of nitrogens with zero attached hydrogens (tertiary/aromatic N) is 2. The van der Waals surface area contributed by atoms with Gasteiger partial charge in [0.2, 0.25) is 0 Å². The van der Waals surface area contributed by atoms with Crippen molar-refractivity contribution >= 4 is 17.2 Å². The highest BCUT2D eigenvalue weighted by Crippen LogP contribution is 2.19. The van der Waals surface area contributed by atoms with Gasteiger partial charge in [-0.25, -0.2) is 0 Å². The highest BCUT2D eigenvalue weighted by molar-refractivity contribution is 7.80. The van der Waals surface area contributed by atoms with Crippen LogP contribution in [0.5, 0.6) is 0 Å². The molecule has 0 unspecified atom stereocenters. The van der Waals surface area contributed by atoms with Crippen LogP contribution in [0.4, 0.5) is 0 Å². The summed E-state index contributed by atoms with van der Waals surface area (Å²) in [6.45, 7) is 3.16. The van der Waals surface area contributed by atoms with E-state index in [9.17, 15) is 0 Å². The van der Waals surface area contributed by atoms with Crippen LogP contribution in [0.25, 0.3) is 0 Å². The Labute approximate surface area is 113 Å². The third-order valence-corrected chi connectivity index (χ3v) is 3.68. The van der Waals surface area contributed by atoms with E-state index in [-0.39, 0.29) is 0 Å². The van der Waals surface area contributed by atoms with E-state index >= 15 is 0 Å². The number of rotatable bonds is 4. The van der Waals surface area contributed by atoms with Gasteiger partial charge in [-0.2, -0.15) is 0 Å². The Morgan fingerprint density at radius 3 is 2.83 bits per heavy atom. The molecule has 1 fully saturated rings. The van der Waals surface area contributed by atoms with Crippen molar-refractivity contribution in [2.24, 2.45) is 11.7 Å². The van der Waals surface area contributed by atoms with E-state index in [0.717, 1.165) is 43.7 Å². The van der Waals surface area contributed by atoms with Crippen LogP contribution in [0.2, 0.25) is 0 Å². The highest BCUT2D eigenvalue weighted by atomic mass is 32.1. The number of hydrogen-bond acceptors (Lipinski definition) is 4. The van der Waals surface area contributed by atoms with E-state index in [1.54, 1.807) is 6.20 Å². The van der Waals surface area contributed by atoms with Gasteiger partial charge in [0.15, 0.2) is 0 Å². The Balaban J connectivity index is 2.00. The number of hydrogen-bond donors (Lipinski definition) is 2. The molecule has 2 rings (SSSR count). The number of nitrogens with two attached hydrogens (primary N) is 1. The number of aliphatic hydroxyl groups is 1. The summed E-state index contributed by atoms with van der Waals surface area (Å²) in [4.78, 5) is 6.97. The molecular weight excluding hydrogens is 246 g/mol. The van der Waals surface area contributed by atoms with Crippen molar-refractivity contribution in [3.05, 3.63) is 29.6 Å². The molecule has 0 spiro atoms. The van der Waals surface area contributed by atoms with Crippen molar-refractivity contribution < 1.29 is 5.11 Å². The van der Waals surface area contributed by atoms with Crippen molar-refractivity contribution in [2.75, 3.05) is 19.7 Å². The monoisotopic (exact) mass is 265 g/mol. The minimum atomic E-state index is 0.304. The maximum absolute atomic E-state index is 9.12. The SMILES string of the molecule is NC(=S)c1ncccc1CN1CCC(CO)CC1. The van der Waals surface area contributed by atoms with Crippen molar-refractivity contribution in [3.8, 4) is 0 Å². The molecule has 98 valence electrons.